The van der Waals surface area contributed by atoms with Crippen LogP contribution in [-0.4, -0.2) is 38.6 Å². The van der Waals surface area contributed by atoms with Crippen molar-refractivity contribution in [3.8, 4) is 11.5 Å². The summed E-state index contributed by atoms with van der Waals surface area (Å²) in [6.45, 7) is 7.59. The van der Waals surface area contributed by atoms with Crippen molar-refractivity contribution in [3.05, 3.63) is 36.4 Å². The van der Waals surface area contributed by atoms with Crippen molar-refractivity contribution in [1.82, 2.24) is 0 Å². The molecule has 0 amide bonds. The molecule has 2 aliphatic heterocycles. The summed E-state index contributed by atoms with van der Waals surface area (Å²) in [4.78, 5) is 0. The summed E-state index contributed by atoms with van der Waals surface area (Å²) >= 11 is 0. The fourth-order valence-electron chi connectivity index (χ4n) is 3.66. The van der Waals surface area contributed by atoms with E-state index in [1.165, 1.54) is 5.39 Å². The van der Waals surface area contributed by atoms with Crippen LogP contribution in [0.5, 0.6) is 11.5 Å². The predicted octanol–water partition coefficient (Wildman–Crippen LogP) is 4.45. The lowest BCUT2D eigenvalue weighted by atomic mass is 9.98. The van der Waals surface area contributed by atoms with Gasteiger partial charge in [0.25, 0.3) is 0 Å². The molecular formula is C22H28O4. The van der Waals surface area contributed by atoms with E-state index < -0.39 is 0 Å². The topological polar surface area (TPSA) is 36.9 Å². The average molecular weight is 356 g/mol. The minimum atomic E-state index is 0.226. The van der Waals surface area contributed by atoms with E-state index in [0.29, 0.717) is 11.8 Å². The Morgan fingerprint density at radius 3 is 1.58 bits per heavy atom. The summed E-state index contributed by atoms with van der Waals surface area (Å²) in [6.07, 6.45) is 2.45. The standard InChI is InChI=1S/C22H28O4/c1-3-21(17-11-23-12-17)25-19-7-5-15-6-8-20(10-16(15)9-19)26-22(4-2)18-13-24-14-18/h5-10,17-18,21-22H,3-4,11-14H2,1-2H3. The van der Waals surface area contributed by atoms with Crippen molar-refractivity contribution in [2.45, 2.75) is 38.9 Å². The lowest BCUT2D eigenvalue weighted by Gasteiger charge is -2.33. The van der Waals surface area contributed by atoms with Gasteiger partial charge in [0.05, 0.1) is 26.4 Å². The molecule has 0 radical (unpaired) electrons. The Morgan fingerprint density at radius 1 is 0.769 bits per heavy atom. The Labute approximate surface area is 155 Å². The Kier molecular flexibility index (Phi) is 5.32. The van der Waals surface area contributed by atoms with E-state index >= 15 is 0 Å². The van der Waals surface area contributed by atoms with Crippen LogP contribution in [0.1, 0.15) is 26.7 Å². The molecule has 2 unspecified atom stereocenters. The molecule has 4 rings (SSSR count). The van der Waals surface area contributed by atoms with Gasteiger partial charge in [0, 0.05) is 11.8 Å². The van der Waals surface area contributed by atoms with Crippen molar-refractivity contribution >= 4 is 10.8 Å². The zero-order valence-corrected chi connectivity index (χ0v) is 15.6. The first-order chi connectivity index (χ1) is 12.8. The Balaban J connectivity index is 1.50. The number of rotatable bonds is 8. The van der Waals surface area contributed by atoms with E-state index in [0.717, 1.165) is 56.2 Å². The average Bonchev–Trinajstić information content (AvgIpc) is 2.57. The molecule has 2 saturated heterocycles. The smallest absolute Gasteiger partial charge is 0.120 e. The fourth-order valence-corrected chi connectivity index (χ4v) is 3.66. The second-order valence-electron chi connectivity index (χ2n) is 7.39. The molecule has 2 aromatic rings. The highest BCUT2D eigenvalue weighted by molar-refractivity contribution is 5.85. The van der Waals surface area contributed by atoms with E-state index in [-0.39, 0.29) is 12.2 Å². The molecule has 0 aliphatic carbocycles. The zero-order valence-electron chi connectivity index (χ0n) is 15.6. The van der Waals surface area contributed by atoms with Gasteiger partial charge in [0.15, 0.2) is 0 Å². The van der Waals surface area contributed by atoms with Crippen LogP contribution in [0.15, 0.2) is 36.4 Å². The molecular weight excluding hydrogens is 328 g/mol. The van der Waals surface area contributed by atoms with Crippen molar-refractivity contribution < 1.29 is 18.9 Å². The lowest BCUT2D eigenvalue weighted by Crippen LogP contribution is -2.40. The Hall–Kier alpha value is -1.78. The number of benzene rings is 2. The molecule has 0 bridgehead atoms. The van der Waals surface area contributed by atoms with E-state index in [1.54, 1.807) is 0 Å². The molecule has 0 saturated carbocycles. The van der Waals surface area contributed by atoms with Crippen LogP contribution in [0.4, 0.5) is 0 Å². The normalized spacial score (nSPS) is 20.2. The molecule has 2 aromatic carbocycles. The summed E-state index contributed by atoms with van der Waals surface area (Å²) in [6, 6.07) is 12.6. The number of hydrogen-bond donors (Lipinski definition) is 0. The molecule has 2 fully saturated rings. The van der Waals surface area contributed by atoms with Gasteiger partial charge in [-0.3, -0.25) is 0 Å². The minimum absolute atomic E-state index is 0.226. The van der Waals surface area contributed by atoms with Gasteiger partial charge >= 0.3 is 0 Å². The van der Waals surface area contributed by atoms with Crippen LogP contribution in [-0.2, 0) is 9.47 Å². The zero-order chi connectivity index (χ0) is 17.9. The van der Waals surface area contributed by atoms with E-state index in [1.807, 2.05) is 0 Å². The predicted molar refractivity (Wildman–Crippen MR) is 102 cm³/mol. The van der Waals surface area contributed by atoms with Crippen LogP contribution < -0.4 is 9.47 Å². The fraction of sp³-hybridized carbons (Fsp3) is 0.545. The van der Waals surface area contributed by atoms with Crippen LogP contribution in [0.25, 0.3) is 10.8 Å². The molecule has 2 atom stereocenters. The van der Waals surface area contributed by atoms with E-state index in [2.05, 4.69) is 50.2 Å². The van der Waals surface area contributed by atoms with E-state index in [4.69, 9.17) is 18.9 Å². The van der Waals surface area contributed by atoms with Crippen molar-refractivity contribution in [2.75, 3.05) is 26.4 Å². The number of fused-ring (bicyclic) bond motifs is 1. The van der Waals surface area contributed by atoms with Crippen LogP contribution in [0.3, 0.4) is 0 Å². The van der Waals surface area contributed by atoms with Gasteiger partial charge in [-0.1, -0.05) is 26.0 Å². The molecule has 0 spiro atoms. The highest BCUT2D eigenvalue weighted by Gasteiger charge is 2.29. The second-order valence-corrected chi connectivity index (χ2v) is 7.39. The maximum atomic E-state index is 6.25. The van der Waals surface area contributed by atoms with Crippen LogP contribution in [0.2, 0.25) is 0 Å². The summed E-state index contributed by atoms with van der Waals surface area (Å²) in [5.74, 6) is 2.88. The largest absolute Gasteiger partial charge is 0.490 e. The molecule has 2 aliphatic rings. The van der Waals surface area contributed by atoms with Gasteiger partial charge in [-0.05, 0) is 47.9 Å². The quantitative estimate of drug-likeness (QED) is 0.700. The third-order valence-corrected chi connectivity index (χ3v) is 5.54. The maximum absolute atomic E-state index is 6.25. The van der Waals surface area contributed by atoms with Gasteiger partial charge < -0.3 is 18.9 Å². The number of ether oxygens (including phenoxy) is 4. The summed E-state index contributed by atoms with van der Waals surface area (Å²) in [5, 5.41) is 2.35. The second kappa shape index (κ2) is 7.85. The summed E-state index contributed by atoms with van der Waals surface area (Å²) in [7, 11) is 0. The van der Waals surface area contributed by atoms with E-state index in [9.17, 15) is 0 Å². The molecule has 2 heterocycles. The van der Waals surface area contributed by atoms with Gasteiger partial charge in [0.1, 0.15) is 23.7 Å². The minimum Gasteiger partial charge on any atom is -0.490 e. The van der Waals surface area contributed by atoms with Crippen LogP contribution in [0, 0.1) is 11.8 Å². The highest BCUT2D eigenvalue weighted by Crippen LogP contribution is 2.30. The Bertz CT molecular complexity index is 677. The summed E-state index contributed by atoms with van der Waals surface area (Å²) in [5.41, 5.74) is 0. The van der Waals surface area contributed by atoms with Gasteiger partial charge in [0.2, 0.25) is 0 Å². The van der Waals surface area contributed by atoms with Gasteiger partial charge in [-0.25, -0.2) is 0 Å². The van der Waals surface area contributed by atoms with Gasteiger partial charge in [-0.2, -0.15) is 0 Å². The molecule has 26 heavy (non-hydrogen) atoms. The first-order valence-electron chi connectivity index (χ1n) is 9.79. The Morgan fingerprint density at radius 2 is 1.23 bits per heavy atom. The molecule has 4 nitrogen and oxygen atoms in total. The van der Waals surface area contributed by atoms with Crippen molar-refractivity contribution in [2.24, 2.45) is 11.8 Å². The monoisotopic (exact) mass is 356 g/mol. The molecule has 0 N–H and O–H groups in total. The highest BCUT2D eigenvalue weighted by atomic mass is 16.5. The lowest BCUT2D eigenvalue weighted by molar-refractivity contribution is -0.0835. The SMILES string of the molecule is CCC(Oc1ccc2ccc(OC(CC)C3COC3)cc2c1)C1COC1. The van der Waals surface area contributed by atoms with Crippen LogP contribution >= 0.6 is 0 Å². The van der Waals surface area contributed by atoms with Gasteiger partial charge in [-0.15, -0.1) is 0 Å². The third kappa shape index (κ3) is 3.67. The maximum Gasteiger partial charge on any atom is 0.120 e. The summed E-state index contributed by atoms with van der Waals surface area (Å²) < 4.78 is 23.1. The van der Waals surface area contributed by atoms with Crippen molar-refractivity contribution in [3.63, 3.8) is 0 Å². The molecule has 4 heteroatoms. The first-order valence-corrected chi connectivity index (χ1v) is 9.79. The first kappa shape index (κ1) is 17.6. The third-order valence-electron chi connectivity index (χ3n) is 5.54. The molecule has 0 aromatic heterocycles. The molecule has 140 valence electrons. The van der Waals surface area contributed by atoms with Crippen molar-refractivity contribution in [1.29, 1.82) is 0 Å². The number of hydrogen-bond acceptors (Lipinski definition) is 4.